The maximum atomic E-state index is 14.1. The van der Waals surface area contributed by atoms with Crippen LogP contribution in [-0.4, -0.2) is 12.5 Å². The van der Waals surface area contributed by atoms with Crippen molar-refractivity contribution in [3.05, 3.63) is 99.3 Å². The Bertz CT molecular complexity index is 1210. The number of nitriles is 1. The zero-order valence-corrected chi connectivity index (χ0v) is 18.5. The van der Waals surface area contributed by atoms with Crippen LogP contribution >= 0.6 is 11.6 Å². The van der Waals surface area contributed by atoms with Gasteiger partial charge in [-0.15, -0.1) is 0 Å². The average molecular weight is 449 g/mol. The van der Waals surface area contributed by atoms with Gasteiger partial charge in [-0.25, -0.2) is 4.39 Å². The summed E-state index contributed by atoms with van der Waals surface area (Å²) in [6, 6.07) is 19.0. The van der Waals surface area contributed by atoms with Gasteiger partial charge in [-0.2, -0.15) is 5.26 Å². The lowest BCUT2D eigenvalue weighted by Crippen LogP contribution is -2.14. The van der Waals surface area contributed by atoms with E-state index < -0.39 is 5.91 Å². The summed E-state index contributed by atoms with van der Waals surface area (Å²) in [5.74, 6) is -0.238. The number of hydrogen-bond donors (Lipinski definition) is 1. The fourth-order valence-electron chi connectivity index (χ4n) is 3.18. The normalized spacial score (nSPS) is 11.0. The van der Waals surface area contributed by atoms with Crippen LogP contribution in [0.5, 0.6) is 5.75 Å². The number of carbonyl (C=O) groups is 1. The molecule has 0 saturated carbocycles. The molecule has 1 amide bonds. The number of aryl methyl sites for hydroxylation is 1. The Morgan fingerprint density at radius 3 is 2.66 bits per heavy atom. The second-order valence-corrected chi connectivity index (χ2v) is 7.59. The van der Waals surface area contributed by atoms with Crippen molar-refractivity contribution in [2.45, 2.75) is 20.3 Å². The molecule has 0 aromatic heterocycles. The number of halogens is 2. The summed E-state index contributed by atoms with van der Waals surface area (Å²) in [7, 11) is 0. The Labute approximate surface area is 191 Å². The van der Waals surface area contributed by atoms with E-state index in [1.165, 1.54) is 12.1 Å². The van der Waals surface area contributed by atoms with Crippen LogP contribution < -0.4 is 10.1 Å². The van der Waals surface area contributed by atoms with E-state index in [4.69, 9.17) is 16.3 Å². The maximum absolute atomic E-state index is 14.1. The largest absolute Gasteiger partial charge is 0.494 e. The Kier molecular flexibility index (Phi) is 7.64. The lowest BCUT2D eigenvalue weighted by Gasteiger charge is -2.12. The predicted octanol–water partition coefficient (Wildman–Crippen LogP) is 6.32. The molecule has 4 nitrogen and oxygen atoms in total. The number of carbonyl (C=O) groups excluding carboxylic acids is 1. The molecular formula is C26H22ClFN2O2. The molecule has 0 radical (unpaired) electrons. The molecule has 0 bridgehead atoms. The molecule has 0 unspecified atom stereocenters. The summed E-state index contributed by atoms with van der Waals surface area (Å²) >= 11 is 6.00. The Morgan fingerprint density at radius 2 is 1.94 bits per heavy atom. The Morgan fingerprint density at radius 1 is 1.16 bits per heavy atom. The molecule has 3 rings (SSSR count). The molecule has 0 heterocycles. The molecule has 1 N–H and O–H groups in total. The second-order valence-electron chi connectivity index (χ2n) is 7.15. The molecule has 162 valence electrons. The number of hydrogen-bond acceptors (Lipinski definition) is 3. The monoisotopic (exact) mass is 448 g/mol. The summed E-state index contributed by atoms with van der Waals surface area (Å²) in [5, 5.41) is 12.7. The van der Waals surface area contributed by atoms with Crippen LogP contribution in [0.15, 0.2) is 66.2 Å². The summed E-state index contributed by atoms with van der Waals surface area (Å²) < 4.78 is 19.8. The van der Waals surface area contributed by atoms with E-state index >= 15 is 0 Å². The molecule has 0 spiro atoms. The first-order valence-corrected chi connectivity index (χ1v) is 10.5. The fourth-order valence-corrected chi connectivity index (χ4v) is 3.35. The maximum Gasteiger partial charge on any atom is 0.266 e. The summed E-state index contributed by atoms with van der Waals surface area (Å²) in [6.45, 7) is 4.12. The highest BCUT2D eigenvalue weighted by Crippen LogP contribution is 2.26. The molecule has 0 atom stereocenters. The van der Waals surface area contributed by atoms with Crippen LogP contribution in [0.1, 0.15) is 29.2 Å². The van der Waals surface area contributed by atoms with E-state index in [9.17, 15) is 14.4 Å². The van der Waals surface area contributed by atoms with Crippen LogP contribution in [0.2, 0.25) is 5.02 Å². The number of benzene rings is 3. The highest BCUT2D eigenvalue weighted by atomic mass is 35.5. The molecule has 3 aromatic rings. The number of nitrogens with one attached hydrogen (secondary N) is 1. The van der Waals surface area contributed by atoms with E-state index in [2.05, 4.69) is 5.32 Å². The zero-order chi connectivity index (χ0) is 23.1. The molecule has 6 heteroatoms. The highest BCUT2D eigenvalue weighted by Gasteiger charge is 2.13. The lowest BCUT2D eigenvalue weighted by molar-refractivity contribution is -0.112. The molecule has 0 fully saturated rings. The van der Waals surface area contributed by atoms with Gasteiger partial charge in [0.25, 0.3) is 5.91 Å². The molecule has 0 aliphatic rings. The number of nitrogens with zero attached hydrogens (tertiary/aromatic N) is 1. The quantitative estimate of drug-likeness (QED) is 0.339. The van der Waals surface area contributed by atoms with Gasteiger partial charge in [0.15, 0.2) is 0 Å². The van der Waals surface area contributed by atoms with Crippen molar-refractivity contribution in [1.82, 2.24) is 0 Å². The van der Waals surface area contributed by atoms with Gasteiger partial charge in [-0.3, -0.25) is 4.79 Å². The minimum atomic E-state index is -0.536. The first kappa shape index (κ1) is 23.1. The van der Waals surface area contributed by atoms with E-state index in [1.54, 1.807) is 48.5 Å². The van der Waals surface area contributed by atoms with Crippen LogP contribution in [0.3, 0.4) is 0 Å². The van der Waals surface area contributed by atoms with Crippen LogP contribution in [0, 0.1) is 24.1 Å². The van der Waals surface area contributed by atoms with Gasteiger partial charge in [0.1, 0.15) is 23.2 Å². The van der Waals surface area contributed by atoms with Crippen molar-refractivity contribution >= 4 is 29.3 Å². The molecule has 0 saturated heterocycles. The van der Waals surface area contributed by atoms with E-state index in [0.717, 1.165) is 11.1 Å². The van der Waals surface area contributed by atoms with Gasteiger partial charge in [-0.1, -0.05) is 48.0 Å². The van der Waals surface area contributed by atoms with E-state index in [0.29, 0.717) is 40.6 Å². The summed E-state index contributed by atoms with van der Waals surface area (Å²) in [4.78, 5) is 12.6. The first-order chi connectivity index (χ1) is 15.4. The van der Waals surface area contributed by atoms with Gasteiger partial charge < -0.3 is 10.1 Å². The fraction of sp³-hybridized carbons (Fsp3) is 0.154. The highest BCUT2D eigenvalue weighted by molar-refractivity contribution is 6.31. The Hall–Kier alpha value is -3.62. The molecule has 32 heavy (non-hydrogen) atoms. The van der Waals surface area contributed by atoms with Crippen molar-refractivity contribution in [3.63, 3.8) is 0 Å². The van der Waals surface area contributed by atoms with Crippen molar-refractivity contribution < 1.29 is 13.9 Å². The molecule has 0 aliphatic carbocycles. The van der Waals surface area contributed by atoms with Crippen molar-refractivity contribution in [2.75, 3.05) is 11.9 Å². The van der Waals surface area contributed by atoms with Crippen molar-refractivity contribution in [1.29, 1.82) is 5.26 Å². The van der Waals surface area contributed by atoms with Gasteiger partial charge >= 0.3 is 0 Å². The molecular weight excluding hydrogens is 427 g/mol. The van der Waals surface area contributed by atoms with Crippen molar-refractivity contribution in [3.8, 4) is 11.8 Å². The zero-order valence-electron chi connectivity index (χ0n) is 17.8. The van der Waals surface area contributed by atoms with Crippen molar-refractivity contribution in [2.24, 2.45) is 0 Å². The second kappa shape index (κ2) is 10.6. The van der Waals surface area contributed by atoms with Crippen LogP contribution in [0.25, 0.3) is 6.08 Å². The third-order valence-corrected chi connectivity index (χ3v) is 5.09. The number of amides is 1. The number of ether oxygens (including phenoxy) is 1. The first-order valence-electron chi connectivity index (χ1n) is 10.1. The minimum absolute atomic E-state index is 0.0614. The summed E-state index contributed by atoms with van der Waals surface area (Å²) in [5.41, 5.74) is 3.31. The molecule has 0 aliphatic heterocycles. The van der Waals surface area contributed by atoms with Crippen LogP contribution in [-0.2, 0) is 11.2 Å². The van der Waals surface area contributed by atoms with E-state index in [1.807, 2.05) is 26.0 Å². The lowest BCUT2D eigenvalue weighted by atomic mass is 10.0. The number of anilines is 1. The summed E-state index contributed by atoms with van der Waals surface area (Å²) in [6.07, 6.45) is 1.86. The van der Waals surface area contributed by atoms with Gasteiger partial charge in [0.2, 0.25) is 0 Å². The third-order valence-electron chi connectivity index (χ3n) is 4.85. The Balaban J connectivity index is 1.87. The van der Waals surface area contributed by atoms with Gasteiger partial charge in [0, 0.05) is 17.1 Å². The standard InChI is InChI=1S/C26H22ClFN2O2/c1-3-32-25-13-18(9-10-20(25)14-19-6-4-5-7-23(19)28)12-21(16-29)26(31)30-24-15-22(27)11-8-17(24)2/h4-13,15H,3,14H2,1-2H3,(H,30,31)/b21-12+. The minimum Gasteiger partial charge on any atom is -0.494 e. The van der Waals surface area contributed by atoms with Gasteiger partial charge in [0.05, 0.1) is 6.61 Å². The smallest absolute Gasteiger partial charge is 0.266 e. The topological polar surface area (TPSA) is 62.1 Å². The number of rotatable bonds is 7. The van der Waals surface area contributed by atoms with E-state index in [-0.39, 0.29) is 11.4 Å². The van der Waals surface area contributed by atoms with Crippen LogP contribution in [0.4, 0.5) is 10.1 Å². The third kappa shape index (κ3) is 5.75. The SMILES string of the molecule is CCOc1cc(/C=C(\C#N)C(=O)Nc2cc(Cl)ccc2C)ccc1Cc1ccccc1F. The van der Waals surface area contributed by atoms with Gasteiger partial charge in [-0.05, 0) is 66.4 Å². The average Bonchev–Trinajstić information content (AvgIpc) is 2.77. The predicted molar refractivity (Wildman–Crippen MR) is 125 cm³/mol. The molecule has 3 aromatic carbocycles.